The molecule has 3 nitrogen and oxygen atoms in total. The van der Waals surface area contributed by atoms with Gasteiger partial charge in [-0.2, -0.15) is 5.10 Å². The Morgan fingerprint density at radius 2 is 2.12 bits per heavy atom. The molecule has 0 aliphatic heterocycles. The Morgan fingerprint density at radius 3 is 2.81 bits per heavy atom. The number of aryl methyl sites for hydroxylation is 1. The zero-order valence-corrected chi connectivity index (χ0v) is 10.1. The number of nitrogens with zero attached hydrogens (tertiary/aromatic N) is 2. The molecule has 0 aliphatic carbocycles. The van der Waals surface area contributed by atoms with E-state index in [0.29, 0.717) is 0 Å². The van der Waals surface area contributed by atoms with Crippen LogP contribution in [0.3, 0.4) is 0 Å². The Balaban J connectivity index is 1.69. The summed E-state index contributed by atoms with van der Waals surface area (Å²) in [6.45, 7) is 0.962. The lowest BCUT2D eigenvalue weighted by Gasteiger charge is -2.04. The third kappa shape index (κ3) is 3.31. The predicted octanol–water partition coefficient (Wildman–Crippen LogP) is 2.62. The second kappa shape index (κ2) is 5.61. The standard InChI is InChI=1S/C12H15N3S/c1-15-10-12(9-14-15)16-8-7-13-11-5-3-2-4-6-11/h2-6,9-10,13H,7-8H2,1H3. The molecule has 0 amide bonds. The summed E-state index contributed by atoms with van der Waals surface area (Å²) >= 11 is 1.81. The molecule has 0 atom stereocenters. The molecule has 1 aromatic heterocycles. The van der Waals surface area contributed by atoms with Gasteiger partial charge in [-0.15, -0.1) is 11.8 Å². The van der Waals surface area contributed by atoms with Gasteiger partial charge >= 0.3 is 0 Å². The first-order valence-electron chi connectivity index (χ1n) is 5.25. The minimum atomic E-state index is 0.962. The number of nitrogens with one attached hydrogen (secondary N) is 1. The Kier molecular flexibility index (Phi) is 3.88. The SMILES string of the molecule is Cn1cc(SCCNc2ccccc2)cn1. The maximum Gasteiger partial charge on any atom is 0.0625 e. The van der Waals surface area contributed by atoms with Gasteiger partial charge in [0.2, 0.25) is 0 Å². The van der Waals surface area contributed by atoms with Crippen LogP contribution in [0.25, 0.3) is 0 Å². The Hall–Kier alpha value is -1.42. The van der Waals surface area contributed by atoms with Crippen LogP contribution in [0.5, 0.6) is 0 Å². The van der Waals surface area contributed by atoms with Gasteiger partial charge in [-0.05, 0) is 12.1 Å². The minimum Gasteiger partial charge on any atom is -0.384 e. The van der Waals surface area contributed by atoms with Crippen molar-refractivity contribution in [1.29, 1.82) is 0 Å². The molecule has 84 valence electrons. The first kappa shape index (κ1) is 11.1. The molecule has 0 saturated heterocycles. The number of para-hydroxylation sites is 1. The average molecular weight is 233 g/mol. The fourth-order valence-corrected chi connectivity index (χ4v) is 2.18. The molecule has 0 radical (unpaired) electrons. The van der Waals surface area contributed by atoms with E-state index in [0.717, 1.165) is 12.3 Å². The van der Waals surface area contributed by atoms with E-state index in [4.69, 9.17) is 0 Å². The minimum absolute atomic E-state index is 0.962. The van der Waals surface area contributed by atoms with E-state index in [9.17, 15) is 0 Å². The van der Waals surface area contributed by atoms with Gasteiger partial charge in [-0.1, -0.05) is 18.2 Å². The molecule has 0 spiro atoms. The summed E-state index contributed by atoms with van der Waals surface area (Å²) in [5, 5.41) is 7.50. The third-order valence-electron chi connectivity index (χ3n) is 2.15. The summed E-state index contributed by atoms with van der Waals surface area (Å²) < 4.78 is 1.83. The monoisotopic (exact) mass is 233 g/mol. The normalized spacial score (nSPS) is 10.3. The van der Waals surface area contributed by atoms with Crippen LogP contribution in [0.2, 0.25) is 0 Å². The molecule has 0 fully saturated rings. The zero-order chi connectivity index (χ0) is 11.2. The quantitative estimate of drug-likeness (QED) is 0.636. The third-order valence-corrected chi connectivity index (χ3v) is 3.11. The fourth-order valence-electron chi connectivity index (χ4n) is 1.39. The highest BCUT2D eigenvalue weighted by Crippen LogP contribution is 2.16. The highest BCUT2D eigenvalue weighted by molar-refractivity contribution is 7.99. The second-order valence-electron chi connectivity index (χ2n) is 3.49. The maximum absolute atomic E-state index is 4.13. The van der Waals surface area contributed by atoms with E-state index in [2.05, 4.69) is 22.5 Å². The second-order valence-corrected chi connectivity index (χ2v) is 4.66. The van der Waals surface area contributed by atoms with Gasteiger partial charge in [0.15, 0.2) is 0 Å². The van der Waals surface area contributed by atoms with Gasteiger partial charge in [-0.3, -0.25) is 4.68 Å². The van der Waals surface area contributed by atoms with E-state index in [1.807, 2.05) is 54.1 Å². The van der Waals surface area contributed by atoms with Gasteiger partial charge < -0.3 is 5.32 Å². The van der Waals surface area contributed by atoms with Crippen molar-refractivity contribution in [1.82, 2.24) is 9.78 Å². The lowest BCUT2D eigenvalue weighted by molar-refractivity contribution is 0.766. The largest absolute Gasteiger partial charge is 0.384 e. The number of rotatable bonds is 5. The highest BCUT2D eigenvalue weighted by atomic mass is 32.2. The molecule has 0 bridgehead atoms. The topological polar surface area (TPSA) is 29.9 Å². The summed E-state index contributed by atoms with van der Waals surface area (Å²) in [5.41, 5.74) is 1.18. The molecule has 16 heavy (non-hydrogen) atoms. The summed E-state index contributed by atoms with van der Waals surface area (Å²) in [4.78, 5) is 1.22. The van der Waals surface area contributed by atoms with Crippen molar-refractivity contribution in [3.8, 4) is 0 Å². The van der Waals surface area contributed by atoms with Crippen molar-refractivity contribution in [3.63, 3.8) is 0 Å². The first-order valence-corrected chi connectivity index (χ1v) is 6.23. The van der Waals surface area contributed by atoms with Crippen molar-refractivity contribution in [3.05, 3.63) is 42.7 Å². The molecule has 0 unspecified atom stereocenters. The van der Waals surface area contributed by atoms with E-state index in [1.54, 1.807) is 0 Å². The molecule has 4 heteroatoms. The molecule has 1 heterocycles. The number of thioether (sulfide) groups is 1. The van der Waals surface area contributed by atoms with Gasteiger partial charge in [0, 0.05) is 36.1 Å². The fraction of sp³-hybridized carbons (Fsp3) is 0.250. The molecule has 1 aromatic carbocycles. The molecule has 2 rings (SSSR count). The Labute approximate surface area is 99.9 Å². The smallest absolute Gasteiger partial charge is 0.0625 e. The number of hydrogen-bond acceptors (Lipinski definition) is 3. The van der Waals surface area contributed by atoms with Gasteiger partial charge in [-0.25, -0.2) is 0 Å². The van der Waals surface area contributed by atoms with E-state index in [-0.39, 0.29) is 0 Å². The molecule has 1 N–H and O–H groups in total. The van der Waals surface area contributed by atoms with Crippen LogP contribution in [0, 0.1) is 0 Å². The van der Waals surface area contributed by atoms with Crippen molar-refractivity contribution >= 4 is 17.4 Å². The summed E-state index contributed by atoms with van der Waals surface area (Å²) in [6.07, 6.45) is 3.93. The first-order chi connectivity index (χ1) is 7.84. The van der Waals surface area contributed by atoms with Gasteiger partial charge in [0.05, 0.1) is 6.20 Å². The summed E-state index contributed by atoms with van der Waals surface area (Å²) in [5.74, 6) is 1.04. The Morgan fingerprint density at radius 1 is 1.31 bits per heavy atom. The average Bonchev–Trinajstić information content (AvgIpc) is 2.72. The highest BCUT2D eigenvalue weighted by Gasteiger charge is 1.96. The number of hydrogen-bond donors (Lipinski definition) is 1. The van der Waals surface area contributed by atoms with Crippen molar-refractivity contribution in [2.45, 2.75) is 4.90 Å². The van der Waals surface area contributed by atoms with Crippen LogP contribution in [0.4, 0.5) is 5.69 Å². The predicted molar refractivity (Wildman–Crippen MR) is 68.9 cm³/mol. The summed E-state index contributed by atoms with van der Waals surface area (Å²) in [6, 6.07) is 10.3. The van der Waals surface area contributed by atoms with E-state index in [1.165, 1.54) is 10.6 Å². The lowest BCUT2D eigenvalue weighted by atomic mass is 10.3. The Bertz CT molecular complexity index is 425. The van der Waals surface area contributed by atoms with Crippen LogP contribution >= 0.6 is 11.8 Å². The number of anilines is 1. The van der Waals surface area contributed by atoms with Crippen LogP contribution in [0.15, 0.2) is 47.6 Å². The van der Waals surface area contributed by atoms with E-state index >= 15 is 0 Å². The zero-order valence-electron chi connectivity index (χ0n) is 9.26. The van der Waals surface area contributed by atoms with Gasteiger partial charge in [0.25, 0.3) is 0 Å². The van der Waals surface area contributed by atoms with Crippen molar-refractivity contribution in [2.75, 3.05) is 17.6 Å². The maximum atomic E-state index is 4.13. The lowest BCUT2D eigenvalue weighted by Crippen LogP contribution is -2.03. The van der Waals surface area contributed by atoms with Gasteiger partial charge in [0.1, 0.15) is 0 Å². The number of aromatic nitrogens is 2. The van der Waals surface area contributed by atoms with E-state index < -0.39 is 0 Å². The molecule has 0 saturated carbocycles. The summed E-state index contributed by atoms with van der Waals surface area (Å²) in [7, 11) is 1.94. The van der Waals surface area contributed by atoms with Crippen molar-refractivity contribution < 1.29 is 0 Å². The van der Waals surface area contributed by atoms with Crippen molar-refractivity contribution in [2.24, 2.45) is 7.05 Å². The molecular weight excluding hydrogens is 218 g/mol. The molecule has 0 aliphatic rings. The molecular formula is C12H15N3S. The van der Waals surface area contributed by atoms with Crippen LogP contribution in [-0.4, -0.2) is 22.1 Å². The van der Waals surface area contributed by atoms with Crippen LogP contribution in [0.1, 0.15) is 0 Å². The van der Waals surface area contributed by atoms with Crippen LogP contribution in [-0.2, 0) is 7.05 Å². The number of benzene rings is 1. The van der Waals surface area contributed by atoms with Crippen LogP contribution < -0.4 is 5.32 Å². The molecule has 2 aromatic rings.